The Bertz CT molecular complexity index is 801. The third kappa shape index (κ3) is 6.71. The number of rotatable bonds is 7. The van der Waals surface area contributed by atoms with Gasteiger partial charge in [-0.3, -0.25) is 24.3 Å². The van der Waals surface area contributed by atoms with Crippen molar-refractivity contribution in [3.05, 3.63) is 29.8 Å². The van der Waals surface area contributed by atoms with Gasteiger partial charge in [-0.2, -0.15) is 0 Å². The van der Waals surface area contributed by atoms with Crippen molar-refractivity contribution in [2.75, 3.05) is 79.1 Å². The molecule has 0 radical (unpaired) electrons. The molecule has 1 aromatic carbocycles. The second-order valence-electron chi connectivity index (χ2n) is 9.99. The molecule has 34 heavy (non-hydrogen) atoms. The first-order chi connectivity index (χ1) is 16.5. The average molecular weight is 472 g/mol. The largest absolute Gasteiger partial charge is 0.497 e. The number of methoxy groups -OCH3 is 1. The number of nitrogens with zero attached hydrogens (tertiary/aromatic N) is 5. The van der Waals surface area contributed by atoms with Gasteiger partial charge in [0.1, 0.15) is 5.75 Å². The maximum Gasteiger partial charge on any atom is 0.236 e. The molecule has 1 aromatic rings. The van der Waals surface area contributed by atoms with Gasteiger partial charge >= 0.3 is 0 Å². The van der Waals surface area contributed by atoms with Crippen LogP contribution in [0.2, 0.25) is 0 Å². The molecular weight excluding hydrogens is 430 g/mol. The maximum absolute atomic E-state index is 12.9. The van der Waals surface area contributed by atoms with E-state index >= 15 is 0 Å². The van der Waals surface area contributed by atoms with Crippen LogP contribution in [-0.4, -0.2) is 121 Å². The number of piperazine rings is 2. The second kappa shape index (κ2) is 12.0. The van der Waals surface area contributed by atoms with Gasteiger partial charge in [0.2, 0.25) is 11.8 Å². The van der Waals surface area contributed by atoms with E-state index < -0.39 is 0 Å². The second-order valence-corrected chi connectivity index (χ2v) is 9.99. The molecule has 1 unspecified atom stereocenters. The summed E-state index contributed by atoms with van der Waals surface area (Å²) >= 11 is 0. The number of amides is 2. The van der Waals surface area contributed by atoms with E-state index in [4.69, 9.17) is 4.74 Å². The summed E-state index contributed by atoms with van der Waals surface area (Å²) in [4.78, 5) is 36.6. The molecular formula is C26H41N5O3. The minimum Gasteiger partial charge on any atom is -0.497 e. The number of ether oxygens (including phenoxy) is 1. The topological polar surface area (TPSA) is 59.6 Å². The Morgan fingerprint density at radius 3 is 1.97 bits per heavy atom. The van der Waals surface area contributed by atoms with Crippen molar-refractivity contribution >= 4 is 11.8 Å². The van der Waals surface area contributed by atoms with Crippen LogP contribution in [0.25, 0.3) is 0 Å². The molecule has 3 saturated heterocycles. The Hall–Kier alpha value is -2.16. The summed E-state index contributed by atoms with van der Waals surface area (Å²) in [7, 11) is 1.68. The average Bonchev–Trinajstić information content (AvgIpc) is 2.86. The van der Waals surface area contributed by atoms with E-state index in [1.807, 2.05) is 17.0 Å². The van der Waals surface area contributed by atoms with Crippen LogP contribution in [0.15, 0.2) is 24.3 Å². The van der Waals surface area contributed by atoms with Crippen molar-refractivity contribution in [3.63, 3.8) is 0 Å². The van der Waals surface area contributed by atoms with Gasteiger partial charge in [0.25, 0.3) is 0 Å². The third-order valence-electron chi connectivity index (χ3n) is 7.60. The first-order valence-electron chi connectivity index (χ1n) is 12.9. The summed E-state index contributed by atoms with van der Waals surface area (Å²) in [6.07, 6.45) is 3.48. The van der Waals surface area contributed by atoms with Crippen molar-refractivity contribution in [1.29, 1.82) is 0 Å². The standard InChI is InChI=1S/C26H41N5O3/c1-22-5-3-4-10-31(22)26(33)21-29-13-11-28(12-14-29)20-25(32)30-17-15-27(16-18-30)19-23-6-8-24(34-2)9-7-23/h6-9,22H,3-5,10-21H2,1-2H3. The minimum atomic E-state index is 0.232. The molecule has 0 aliphatic carbocycles. The van der Waals surface area contributed by atoms with Gasteiger partial charge in [0.05, 0.1) is 20.2 Å². The maximum atomic E-state index is 12.9. The fourth-order valence-electron chi connectivity index (χ4n) is 5.29. The Balaban J connectivity index is 1.14. The first-order valence-corrected chi connectivity index (χ1v) is 12.9. The summed E-state index contributed by atoms with van der Waals surface area (Å²) in [5.41, 5.74) is 1.27. The predicted octanol–water partition coefficient (Wildman–Crippen LogP) is 1.36. The van der Waals surface area contributed by atoms with Crippen molar-refractivity contribution < 1.29 is 14.3 Å². The van der Waals surface area contributed by atoms with Gasteiger partial charge in [-0.1, -0.05) is 12.1 Å². The number of carbonyl (C=O) groups is 2. The third-order valence-corrected chi connectivity index (χ3v) is 7.60. The number of benzene rings is 1. The summed E-state index contributed by atoms with van der Waals surface area (Å²) < 4.78 is 5.23. The predicted molar refractivity (Wildman–Crippen MR) is 133 cm³/mol. The highest BCUT2D eigenvalue weighted by Gasteiger charge is 2.28. The van der Waals surface area contributed by atoms with Gasteiger partial charge in [0.15, 0.2) is 0 Å². The van der Waals surface area contributed by atoms with E-state index in [2.05, 4.69) is 38.7 Å². The molecule has 2 amide bonds. The number of piperidine rings is 1. The fourth-order valence-corrected chi connectivity index (χ4v) is 5.29. The lowest BCUT2D eigenvalue weighted by molar-refractivity contribution is -0.137. The van der Waals surface area contributed by atoms with E-state index in [1.165, 1.54) is 12.0 Å². The highest BCUT2D eigenvalue weighted by atomic mass is 16.5. The normalized spacial score (nSPS) is 23.2. The van der Waals surface area contributed by atoms with Crippen LogP contribution >= 0.6 is 0 Å². The molecule has 0 bridgehead atoms. The van der Waals surface area contributed by atoms with Crippen LogP contribution in [0.4, 0.5) is 0 Å². The molecule has 0 aromatic heterocycles. The molecule has 1 atom stereocenters. The van der Waals surface area contributed by atoms with E-state index in [9.17, 15) is 9.59 Å². The van der Waals surface area contributed by atoms with Gasteiger partial charge in [-0.15, -0.1) is 0 Å². The Morgan fingerprint density at radius 2 is 1.38 bits per heavy atom. The zero-order chi connectivity index (χ0) is 23.9. The van der Waals surface area contributed by atoms with Gasteiger partial charge in [-0.25, -0.2) is 0 Å². The minimum absolute atomic E-state index is 0.232. The van der Waals surface area contributed by atoms with Crippen LogP contribution < -0.4 is 4.74 Å². The van der Waals surface area contributed by atoms with Crippen molar-refractivity contribution in [1.82, 2.24) is 24.5 Å². The number of carbonyl (C=O) groups excluding carboxylic acids is 2. The first kappa shape index (κ1) is 24.9. The van der Waals surface area contributed by atoms with Crippen LogP contribution in [0.5, 0.6) is 5.75 Å². The lowest BCUT2D eigenvalue weighted by Crippen LogP contribution is -2.55. The summed E-state index contributed by atoms with van der Waals surface area (Å²) in [6, 6.07) is 8.59. The Morgan fingerprint density at radius 1 is 0.794 bits per heavy atom. The zero-order valence-electron chi connectivity index (χ0n) is 21.0. The molecule has 188 valence electrons. The SMILES string of the molecule is COc1ccc(CN2CCN(C(=O)CN3CCN(CC(=O)N4CCCCC4C)CC3)CC2)cc1. The van der Waals surface area contributed by atoms with E-state index in [1.54, 1.807) is 7.11 Å². The smallest absolute Gasteiger partial charge is 0.236 e. The molecule has 0 spiro atoms. The molecule has 8 nitrogen and oxygen atoms in total. The summed E-state index contributed by atoms with van der Waals surface area (Å²) in [5, 5.41) is 0. The van der Waals surface area contributed by atoms with Gasteiger partial charge in [0, 0.05) is 71.5 Å². The van der Waals surface area contributed by atoms with Gasteiger partial charge in [-0.05, 0) is 43.9 Å². The van der Waals surface area contributed by atoms with E-state index in [0.717, 1.165) is 84.0 Å². The van der Waals surface area contributed by atoms with Crippen LogP contribution in [0.1, 0.15) is 31.7 Å². The highest BCUT2D eigenvalue weighted by molar-refractivity contribution is 5.79. The lowest BCUT2D eigenvalue weighted by Gasteiger charge is -2.39. The van der Waals surface area contributed by atoms with Crippen LogP contribution in [0, 0.1) is 0 Å². The van der Waals surface area contributed by atoms with Crippen LogP contribution in [-0.2, 0) is 16.1 Å². The molecule has 3 aliphatic rings. The molecule has 8 heteroatoms. The number of hydrogen-bond donors (Lipinski definition) is 0. The summed E-state index contributed by atoms with van der Waals surface area (Å²) in [6.45, 7) is 11.8. The molecule has 3 heterocycles. The fraction of sp³-hybridized carbons (Fsp3) is 0.692. The quantitative estimate of drug-likeness (QED) is 0.599. The summed E-state index contributed by atoms with van der Waals surface area (Å²) in [5.74, 6) is 1.38. The van der Waals surface area contributed by atoms with Crippen LogP contribution in [0.3, 0.4) is 0 Å². The van der Waals surface area contributed by atoms with E-state index in [0.29, 0.717) is 19.1 Å². The van der Waals surface area contributed by atoms with Crippen molar-refractivity contribution in [3.8, 4) is 5.75 Å². The molecule has 4 rings (SSSR count). The van der Waals surface area contributed by atoms with Crippen molar-refractivity contribution in [2.24, 2.45) is 0 Å². The monoisotopic (exact) mass is 471 g/mol. The highest BCUT2D eigenvalue weighted by Crippen LogP contribution is 2.17. The van der Waals surface area contributed by atoms with Gasteiger partial charge < -0.3 is 14.5 Å². The number of likely N-dealkylation sites (tertiary alicyclic amines) is 1. The zero-order valence-corrected chi connectivity index (χ0v) is 21.0. The molecule has 3 fully saturated rings. The molecule has 0 N–H and O–H groups in total. The lowest BCUT2D eigenvalue weighted by atomic mass is 10.0. The Kier molecular flexibility index (Phi) is 8.80. The Labute approximate surface area is 204 Å². The molecule has 0 saturated carbocycles. The molecule has 3 aliphatic heterocycles. The van der Waals surface area contributed by atoms with Crippen molar-refractivity contribution in [2.45, 2.75) is 38.8 Å². The van der Waals surface area contributed by atoms with E-state index in [-0.39, 0.29) is 11.8 Å². The number of hydrogen-bond acceptors (Lipinski definition) is 6.